The number of unbranched alkanes of at least 4 members (excludes halogenated alkanes) is 1. The number of hydrogen-bond acceptors (Lipinski definition) is 4. The van der Waals surface area contributed by atoms with E-state index in [-0.39, 0.29) is 17.3 Å². The molecule has 0 saturated heterocycles. The lowest BCUT2D eigenvalue weighted by molar-refractivity contribution is -0.154. The van der Waals surface area contributed by atoms with E-state index in [1.807, 2.05) is 26.8 Å². The standard InChI is InChI=1S/C25H26FNO4/c1-25(2,3)31-23(29)7-5-4-6-21-15-18-14-17(16-28)8-13-22(18)24(30)27(21)20-11-9-19(26)10-12-20/h8-16H,4-7H2,1-3H3. The van der Waals surface area contributed by atoms with Crippen molar-refractivity contribution in [2.75, 3.05) is 0 Å². The SMILES string of the molecule is CC(C)(C)OC(=O)CCCCc1cc2cc(C=O)ccc2c(=O)n1-c1ccc(F)cc1. The summed E-state index contributed by atoms with van der Waals surface area (Å²) in [6.45, 7) is 5.48. The molecule has 6 heteroatoms. The fourth-order valence-electron chi connectivity index (χ4n) is 3.49. The number of hydrogen-bond donors (Lipinski definition) is 0. The summed E-state index contributed by atoms with van der Waals surface area (Å²) in [5.41, 5.74) is 1.03. The Labute approximate surface area is 180 Å². The molecule has 0 N–H and O–H groups in total. The van der Waals surface area contributed by atoms with Gasteiger partial charge in [-0.25, -0.2) is 4.39 Å². The fraction of sp³-hybridized carbons (Fsp3) is 0.320. The first-order chi connectivity index (χ1) is 14.7. The predicted molar refractivity (Wildman–Crippen MR) is 118 cm³/mol. The van der Waals surface area contributed by atoms with Crippen LogP contribution in [-0.2, 0) is 16.0 Å². The van der Waals surface area contributed by atoms with Gasteiger partial charge in [0, 0.05) is 28.8 Å². The molecular weight excluding hydrogens is 397 g/mol. The number of benzene rings is 2. The van der Waals surface area contributed by atoms with Gasteiger partial charge >= 0.3 is 5.97 Å². The van der Waals surface area contributed by atoms with E-state index in [0.717, 1.165) is 12.0 Å². The molecule has 31 heavy (non-hydrogen) atoms. The number of nitrogens with zero attached hydrogens (tertiary/aromatic N) is 1. The normalized spacial score (nSPS) is 11.5. The molecule has 3 aromatic rings. The summed E-state index contributed by atoms with van der Waals surface area (Å²) in [6, 6.07) is 12.5. The van der Waals surface area contributed by atoms with Crippen LogP contribution in [-0.4, -0.2) is 22.4 Å². The Morgan fingerprint density at radius 1 is 1.06 bits per heavy atom. The van der Waals surface area contributed by atoms with Crippen LogP contribution in [0.1, 0.15) is 56.1 Å². The lowest BCUT2D eigenvalue weighted by atomic mass is 10.0. The number of aryl methyl sites for hydroxylation is 1. The number of halogens is 1. The molecule has 0 spiro atoms. The zero-order valence-electron chi connectivity index (χ0n) is 18.0. The summed E-state index contributed by atoms with van der Waals surface area (Å²) >= 11 is 0. The lowest BCUT2D eigenvalue weighted by Gasteiger charge is -2.19. The van der Waals surface area contributed by atoms with E-state index in [9.17, 15) is 18.8 Å². The summed E-state index contributed by atoms with van der Waals surface area (Å²) in [5, 5.41) is 1.16. The molecule has 5 nitrogen and oxygen atoms in total. The van der Waals surface area contributed by atoms with Crippen LogP contribution in [0.5, 0.6) is 0 Å². The van der Waals surface area contributed by atoms with E-state index < -0.39 is 5.60 Å². The summed E-state index contributed by atoms with van der Waals surface area (Å²) in [4.78, 5) is 36.3. The third-order valence-electron chi connectivity index (χ3n) is 4.82. The number of rotatable bonds is 7. The summed E-state index contributed by atoms with van der Waals surface area (Å²) < 4.78 is 20.3. The molecule has 1 heterocycles. The highest BCUT2D eigenvalue weighted by atomic mass is 19.1. The molecular formula is C25H26FNO4. The molecule has 0 bridgehead atoms. The van der Waals surface area contributed by atoms with Crippen LogP contribution >= 0.6 is 0 Å². The van der Waals surface area contributed by atoms with Gasteiger partial charge < -0.3 is 4.74 Å². The molecule has 0 amide bonds. The molecule has 162 valence electrons. The Bertz CT molecular complexity index is 1160. The maximum atomic E-state index is 13.4. The van der Waals surface area contributed by atoms with Crippen molar-refractivity contribution in [3.05, 3.63) is 76.0 Å². The quantitative estimate of drug-likeness (QED) is 0.305. The molecule has 0 aliphatic rings. The monoisotopic (exact) mass is 423 g/mol. The van der Waals surface area contributed by atoms with Gasteiger partial charge in [-0.05, 0) is 87.9 Å². The Morgan fingerprint density at radius 3 is 2.42 bits per heavy atom. The van der Waals surface area contributed by atoms with E-state index >= 15 is 0 Å². The Hall–Kier alpha value is -3.28. The molecule has 0 atom stereocenters. The third-order valence-corrected chi connectivity index (χ3v) is 4.82. The summed E-state index contributed by atoms with van der Waals surface area (Å²) in [5.74, 6) is -0.635. The molecule has 0 radical (unpaired) electrons. The third kappa shape index (κ3) is 5.66. The smallest absolute Gasteiger partial charge is 0.306 e. The number of carbonyl (C=O) groups excluding carboxylic acids is 2. The number of pyridine rings is 1. The first kappa shape index (κ1) is 22.4. The van der Waals surface area contributed by atoms with E-state index in [1.165, 1.54) is 12.1 Å². The Morgan fingerprint density at radius 2 is 1.77 bits per heavy atom. The highest BCUT2D eigenvalue weighted by molar-refractivity contribution is 5.89. The average Bonchev–Trinajstić information content (AvgIpc) is 2.70. The maximum Gasteiger partial charge on any atom is 0.306 e. The van der Waals surface area contributed by atoms with Crippen molar-refractivity contribution in [1.29, 1.82) is 0 Å². The largest absolute Gasteiger partial charge is 0.460 e. The Kier molecular flexibility index (Phi) is 6.68. The lowest BCUT2D eigenvalue weighted by Crippen LogP contribution is -2.24. The van der Waals surface area contributed by atoms with Gasteiger partial charge in [0.05, 0.1) is 0 Å². The van der Waals surface area contributed by atoms with Crippen molar-refractivity contribution in [3.63, 3.8) is 0 Å². The number of carbonyl (C=O) groups is 2. The fourth-order valence-corrected chi connectivity index (χ4v) is 3.49. The molecule has 3 rings (SSSR count). The minimum absolute atomic E-state index is 0.233. The molecule has 0 aliphatic heterocycles. The zero-order valence-corrected chi connectivity index (χ0v) is 18.0. The van der Waals surface area contributed by atoms with Crippen molar-refractivity contribution in [1.82, 2.24) is 4.57 Å². The van der Waals surface area contributed by atoms with Crippen LogP contribution in [0.2, 0.25) is 0 Å². The summed E-state index contributed by atoms with van der Waals surface area (Å²) in [6.07, 6.45) is 2.85. The second kappa shape index (κ2) is 9.25. The van der Waals surface area contributed by atoms with E-state index in [0.29, 0.717) is 47.7 Å². The van der Waals surface area contributed by atoms with Crippen molar-refractivity contribution in [3.8, 4) is 5.69 Å². The summed E-state index contributed by atoms with van der Waals surface area (Å²) in [7, 11) is 0. The van der Waals surface area contributed by atoms with Crippen molar-refractivity contribution in [2.45, 2.75) is 52.1 Å². The molecule has 0 aliphatic carbocycles. The van der Waals surface area contributed by atoms with Crippen LogP contribution < -0.4 is 5.56 Å². The molecule has 0 saturated carbocycles. The second-order valence-electron chi connectivity index (χ2n) is 8.51. The maximum absolute atomic E-state index is 13.4. The van der Waals surface area contributed by atoms with Gasteiger partial charge in [-0.1, -0.05) is 6.07 Å². The van der Waals surface area contributed by atoms with Crippen LogP contribution in [0.3, 0.4) is 0 Å². The van der Waals surface area contributed by atoms with Crippen LogP contribution in [0.25, 0.3) is 16.5 Å². The van der Waals surface area contributed by atoms with Gasteiger partial charge in [0.1, 0.15) is 17.7 Å². The number of fused-ring (bicyclic) bond motifs is 1. The molecule has 0 fully saturated rings. The average molecular weight is 423 g/mol. The van der Waals surface area contributed by atoms with Crippen LogP contribution in [0.4, 0.5) is 4.39 Å². The molecule has 2 aromatic carbocycles. The van der Waals surface area contributed by atoms with E-state index in [2.05, 4.69) is 0 Å². The van der Waals surface area contributed by atoms with Gasteiger partial charge in [-0.2, -0.15) is 0 Å². The van der Waals surface area contributed by atoms with E-state index in [4.69, 9.17) is 4.74 Å². The van der Waals surface area contributed by atoms with Crippen molar-refractivity contribution in [2.24, 2.45) is 0 Å². The number of esters is 1. The van der Waals surface area contributed by atoms with E-state index in [1.54, 1.807) is 34.9 Å². The highest BCUT2D eigenvalue weighted by Crippen LogP contribution is 2.20. The van der Waals surface area contributed by atoms with Crippen LogP contribution in [0.15, 0.2) is 53.3 Å². The van der Waals surface area contributed by atoms with Gasteiger partial charge in [0.15, 0.2) is 0 Å². The first-order valence-electron chi connectivity index (χ1n) is 10.3. The topological polar surface area (TPSA) is 65.4 Å². The number of aromatic nitrogens is 1. The highest BCUT2D eigenvalue weighted by Gasteiger charge is 2.16. The van der Waals surface area contributed by atoms with Crippen LogP contribution in [0, 0.1) is 5.82 Å². The van der Waals surface area contributed by atoms with Gasteiger partial charge in [-0.3, -0.25) is 19.0 Å². The van der Waals surface area contributed by atoms with Crippen molar-refractivity contribution < 1.29 is 18.7 Å². The van der Waals surface area contributed by atoms with Gasteiger partial charge in [0.25, 0.3) is 5.56 Å². The van der Waals surface area contributed by atoms with Crippen molar-refractivity contribution >= 4 is 23.0 Å². The number of aldehydes is 1. The number of ether oxygens (including phenoxy) is 1. The van der Waals surface area contributed by atoms with Gasteiger partial charge in [-0.15, -0.1) is 0 Å². The van der Waals surface area contributed by atoms with Gasteiger partial charge in [0.2, 0.25) is 0 Å². The first-order valence-corrected chi connectivity index (χ1v) is 10.3. The molecule has 1 aromatic heterocycles. The minimum Gasteiger partial charge on any atom is -0.460 e. The zero-order chi connectivity index (χ0) is 22.6. The molecule has 0 unspecified atom stereocenters. The minimum atomic E-state index is -0.519. The predicted octanol–water partition coefficient (Wildman–Crippen LogP) is 5.00. The second-order valence-corrected chi connectivity index (χ2v) is 8.51. The Balaban J connectivity index is 1.91.